The summed E-state index contributed by atoms with van der Waals surface area (Å²) < 4.78 is 4.95. The van der Waals surface area contributed by atoms with Gasteiger partial charge in [-0.1, -0.05) is 133 Å². The van der Waals surface area contributed by atoms with Crippen molar-refractivity contribution in [2.24, 2.45) is 0 Å². The van der Waals surface area contributed by atoms with Crippen LogP contribution in [0.5, 0.6) is 0 Å². The van der Waals surface area contributed by atoms with E-state index in [-0.39, 0.29) is 5.92 Å². The van der Waals surface area contributed by atoms with Gasteiger partial charge in [-0.25, -0.2) is 9.97 Å². The number of fused-ring (bicyclic) bond motifs is 16. The van der Waals surface area contributed by atoms with Gasteiger partial charge in [-0.15, -0.1) is 11.3 Å². The first kappa shape index (κ1) is 29.8. The Morgan fingerprint density at radius 2 is 1.31 bits per heavy atom. The van der Waals surface area contributed by atoms with Crippen molar-refractivity contribution in [1.82, 2.24) is 14.4 Å². The molecule has 4 heterocycles. The van der Waals surface area contributed by atoms with Gasteiger partial charge in [-0.3, -0.25) is 0 Å². The first-order chi connectivity index (χ1) is 27.3. The molecule has 1 aliphatic rings. The summed E-state index contributed by atoms with van der Waals surface area (Å²) in [7, 11) is 0. The standard InChI is InChI=1S/C51H31N3S/c1-2-13-31-27-33(22-21-29(31)11-1)46-50-47(39-18-8-10-20-43(39)55-50)53-51(52-46)38-25-24-32-28-41-36-16-7-9-19-42(36)54-48-34-14-4-3-12-30(34)23-26-40(48)45(49(41)54)44(32)37-17-6-5-15-35(37)38/h1-23,26-28,38H,24-25H2. The van der Waals surface area contributed by atoms with Crippen molar-refractivity contribution in [3.05, 3.63) is 175 Å². The largest absolute Gasteiger partial charge is 0.307 e. The molecule has 12 aromatic rings. The molecule has 1 unspecified atom stereocenters. The van der Waals surface area contributed by atoms with Gasteiger partial charge in [0.25, 0.3) is 0 Å². The molecule has 0 spiro atoms. The summed E-state index contributed by atoms with van der Waals surface area (Å²) >= 11 is 1.80. The molecule has 4 aromatic heterocycles. The van der Waals surface area contributed by atoms with E-state index in [2.05, 4.69) is 162 Å². The Hall–Kier alpha value is -6.62. The SMILES string of the molecule is c1ccc2c(c1)-c1c(cc3c4ccccc4n4c5c6ccccc6ccc5c1c34)CCC2c1nc(-c2ccc3ccccc3c2)c2sc3ccccc3c2n1. The lowest BCUT2D eigenvalue weighted by atomic mass is 9.88. The van der Waals surface area contributed by atoms with E-state index in [1.54, 1.807) is 11.3 Å². The molecule has 0 saturated heterocycles. The minimum Gasteiger partial charge on any atom is -0.307 e. The van der Waals surface area contributed by atoms with Crippen LogP contribution in [0.2, 0.25) is 0 Å². The highest BCUT2D eigenvalue weighted by molar-refractivity contribution is 7.26. The van der Waals surface area contributed by atoms with E-state index in [0.29, 0.717) is 0 Å². The van der Waals surface area contributed by atoms with E-state index < -0.39 is 0 Å². The summed E-state index contributed by atoms with van der Waals surface area (Å²) in [5, 5.41) is 11.5. The van der Waals surface area contributed by atoms with Gasteiger partial charge in [0, 0.05) is 48.5 Å². The molecular weight excluding hydrogens is 687 g/mol. The maximum Gasteiger partial charge on any atom is 0.137 e. The maximum absolute atomic E-state index is 5.60. The fraction of sp³-hybridized carbons (Fsp3) is 0.0588. The number of para-hydroxylation sites is 1. The number of benzene rings is 8. The molecule has 4 heteroatoms. The van der Waals surface area contributed by atoms with Crippen LogP contribution in [0.15, 0.2) is 158 Å². The highest BCUT2D eigenvalue weighted by Crippen LogP contribution is 2.51. The van der Waals surface area contributed by atoms with Crippen LogP contribution in [0.3, 0.4) is 0 Å². The average molecular weight is 718 g/mol. The van der Waals surface area contributed by atoms with Crippen molar-refractivity contribution in [3.63, 3.8) is 0 Å². The third kappa shape index (κ3) is 4.04. The van der Waals surface area contributed by atoms with Crippen molar-refractivity contribution in [1.29, 1.82) is 0 Å². The molecule has 55 heavy (non-hydrogen) atoms. The number of thiophene rings is 1. The van der Waals surface area contributed by atoms with E-state index in [0.717, 1.165) is 40.1 Å². The molecule has 0 saturated carbocycles. The number of nitrogens with zero attached hydrogens (tertiary/aromatic N) is 3. The minimum absolute atomic E-state index is 0.0220. The highest BCUT2D eigenvalue weighted by atomic mass is 32.1. The van der Waals surface area contributed by atoms with Crippen molar-refractivity contribution >= 4 is 91.3 Å². The van der Waals surface area contributed by atoms with Crippen molar-refractivity contribution in [3.8, 4) is 22.4 Å². The fourth-order valence-corrected chi connectivity index (χ4v) is 11.1. The van der Waals surface area contributed by atoms with Gasteiger partial charge in [0.15, 0.2) is 0 Å². The maximum atomic E-state index is 5.60. The van der Waals surface area contributed by atoms with E-state index in [4.69, 9.17) is 9.97 Å². The monoisotopic (exact) mass is 717 g/mol. The molecule has 0 N–H and O–H groups in total. The summed E-state index contributed by atoms with van der Waals surface area (Å²) in [5.41, 5.74) is 12.5. The molecule has 3 nitrogen and oxygen atoms in total. The van der Waals surface area contributed by atoms with E-state index in [1.165, 1.54) is 92.0 Å². The van der Waals surface area contributed by atoms with E-state index >= 15 is 0 Å². The summed E-state index contributed by atoms with van der Waals surface area (Å²) in [4.78, 5) is 11.1. The van der Waals surface area contributed by atoms with Crippen LogP contribution in [-0.4, -0.2) is 14.4 Å². The Labute approximate surface area is 320 Å². The third-order valence-electron chi connectivity index (χ3n) is 12.3. The Morgan fingerprint density at radius 3 is 2.24 bits per heavy atom. The van der Waals surface area contributed by atoms with Crippen LogP contribution in [0.4, 0.5) is 0 Å². The molecule has 256 valence electrons. The lowest BCUT2D eigenvalue weighted by Crippen LogP contribution is -2.08. The van der Waals surface area contributed by atoms with Gasteiger partial charge in [0.2, 0.25) is 0 Å². The summed E-state index contributed by atoms with van der Waals surface area (Å²) in [5.74, 6) is 0.926. The average Bonchev–Trinajstić information content (AvgIpc) is 3.86. The number of hydrogen-bond donors (Lipinski definition) is 0. The molecule has 0 amide bonds. The summed E-state index contributed by atoms with van der Waals surface area (Å²) in [6.07, 6.45) is 1.85. The Bertz CT molecular complexity index is 3570. The zero-order valence-corrected chi connectivity index (χ0v) is 30.6. The Balaban J connectivity index is 1.11. The van der Waals surface area contributed by atoms with Gasteiger partial charge in [0.05, 0.1) is 32.5 Å². The molecule has 0 radical (unpaired) electrons. The molecule has 8 aromatic carbocycles. The number of rotatable bonds is 2. The summed E-state index contributed by atoms with van der Waals surface area (Å²) in [6, 6.07) is 58.2. The zero-order chi connectivity index (χ0) is 35.8. The molecule has 1 atom stereocenters. The Kier molecular flexibility index (Phi) is 5.94. The normalized spacial score (nSPS) is 14.6. The third-order valence-corrected chi connectivity index (χ3v) is 13.5. The molecule has 13 rings (SSSR count). The Morgan fingerprint density at radius 1 is 0.564 bits per heavy atom. The van der Waals surface area contributed by atoms with Crippen LogP contribution in [-0.2, 0) is 6.42 Å². The highest BCUT2D eigenvalue weighted by Gasteiger charge is 2.31. The second-order valence-electron chi connectivity index (χ2n) is 15.2. The van der Waals surface area contributed by atoms with Crippen LogP contribution < -0.4 is 0 Å². The number of aromatic nitrogens is 3. The second kappa shape index (κ2) is 11.0. The van der Waals surface area contributed by atoms with Gasteiger partial charge >= 0.3 is 0 Å². The van der Waals surface area contributed by atoms with Crippen LogP contribution >= 0.6 is 11.3 Å². The lowest BCUT2D eigenvalue weighted by Gasteiger charge is -2.18. The van der Waals surface area contributed by atoms with Gasteiger partial charge < -0.3 is 4.40 Å². The van der Waals surface area contributed by atoms with E-state index in [9.17, 15) is 0 Å². The predicted molar refractivity (Wildman–Crippen MR) is 232 cm³/mol. The van der Waals surface area contributed by atoms with E-state index in [1.807, 2.05) is 0 Å². The lowest BCUT2D eigenvalue weighted by molar-refractivity contribution is 0.685. The summed E-state index contributed by atoms with van der Waals surface area (Å²) in [6.45, 7) is 0. The number of aryl methyl sites for hydroxylation is 1. The minimum atomic E-state index is 0.0220. The van der Waals surface area contributed by atoms with Crippen molar-refractivity contribution in [2.75, 3.05) is 0 Å². The predicted octanol–water partition coefficient (Wildman–Crippen LogP) is 13.7. The smallest absolute Gasteiger partial charge is 0.137 e. The van der Waals surface area contributed by atoms with Crippen LogP contribution in [0, 0.1) is 0 Å². The molecule has 0 fully saturated rings. The quantitative estimate of drug-likeness (QED) is 0.178. The van der Waals surface area contributed by atoms with Gasteiger partial charge in [-0.2, -0.15) is 0 Å². The first-order valence-electron chi connectivity index (χ1n) is 19.2. The first-order valence-corrected chi connectivity index (χ1v) is 20.0. The topological polar surface area (TPSA) is 30.2 Å². The molecular formula is C51H31N3S. The van der Waals surface area contributed by atoms with Crippen molar-refractivity contribution < 1.29 is 0 Å². The van der Waals surface area contributed by atoms with Crippen LogP contribution in [0.25, 0.3) is 102 Å². The van der Waals surface area contributed by atoms with Gasteiger partial charge in [0.1, 0.15) is 5.82 Å². The molecule has 0 aliphatic heterocycles. The van der Waals surface area contributed by atoms with Crippen LogP contribution in [0.1, 0.15) is 29.3 Å². The zero-order valence-electron chi connectivity index (χ0n) is 29.8. The fourth-order valence-electron chi connectivity index (χ4n) is 9.93. The van der Waals surface area contributed by atoms with Crippen molar-refractivity contribution in [2.45, 2.75) is 18.8 Å². The number of hydrogen-bond acceptors (Lipinski definition) is 3. The molecule has 1 aliphatic carbocycles. The molecule has 0 bridgehead atoms. The second-order valence-corrected chi connectivity index (χ2v) is 16.2. The van der Waals surface area contributed by atoms with Gasteiger partial charge in [-0.05, 0) is 75.5 Å².